The first-order valence-electron chi connectivity index (χ1n) is 16.2. The van der Waals surface area contributed by atoms with Gasteiger partial charge in [0.15, 0.2) is 0 Å². The van der Waals surface area contributed by atoms with Crippen LogP contribution in [0, 0.1) is 0 Å². The fourth-order valence-electron chi connectivity index (χ4n) is 7.66. The molecule has 0 atom stereocenters. The maximum Gasteiger partial charge on any atom is 0.147 e. The van der Waals surface area contributed by atoms with Crippen molar-refractivity contribution in [2.24, 2.45) is 0 Å². The molecule has 0 unspecified atom stereocenters. The van der Waals surface area contributed by atoms with Crippen molar-refractivity contribution < 1.29 is 8.83 Å². The molecule has 0 saturated heterocycles. The number of furan rings is 2. The van der Waals surface area contributed by atoms with Crippen molar-refractivity contribution >= 4 is 87.4 Å². The number of nitrogens with zero attached hydrogens (tertiary/aromatic N) is 2. The molecular weight excluding hydrogens is 588 g/mol. The summed E-state index contributed by atoms with van der Waals surface area (Å²) in [4.78, 5) is 10.5. The van der Waals surface area contributed by atoms with Crippen molar-refractivity contribution in [3.05, 3.63) is 146 Å². The molecule has 0 N–H and O–H groups in total. The summed E-state index contributed by atoms with van der Waals surface area (Å²) in [5, 5.41) is 9.68. The second kappa shape index (κ2) is 9.50. The summed E-state index contributed by atoms with van der Waals surface area (Å²) < 4.78 is 13.0. The van der Waals surface area contributed by atoms with Crippen LogP contribution >= 0.6 is 0 Å². The van der Waals surface area contributed by atoms with Crippen molar-refractivity contribution in [2.45, 2.75) is 0 Å². The van der Waals surface area contributed by atoms with Crippen LogP contribution in [0.4, 0.5) is 0 Å². The Morgan fingerprint density at radius 1 is 0.396 bits per heavy atom. The van der Waals surface area contributed by atoms with Crippen molar-refractivity contribution in [1.29, 1.82) is 0 Å². The molecule has 48 heavy (non-hydrogen) atoms. The van der Waals surface area contributed by atoms with Gasteiger partial charge in [-0.3, -0.25) is 0 Å². The topological polar surface area (TPSA) is 52.1 Å². The second-order valence-electron chi connectivity index (χ2n) is 12.5. The van der Waals surface area contributed by atoms with E-state index in [2.05, 4.69) is 97.1 Å². The van der Waals surface area contributed by atoms with Gasteiger partial charge < -0.3 is 8.83 Å². The second-order valence-corrected chi connectivity index (χ2v) is 12.5. The zero-order valence-electron chi connectivity index (χ0n) is 25.6. The molecule has 0 spiro atoms. The van der Waals surface area contributed by atoms with Crippen LogP contribution in [0.25, 0.3) is 110 Å². The number of rotatable bonds is 2. The summed E-state index contributed by atoms with van der Waals surface area (Å²) in [6.07, 6.45) is 0. The van der Waals surface area contributed by atoms with Crippen molar-refractivity contribution in [2.75, 3.05) is 0 Å². The molecule has 4 heteroatoms. The van der Waals surface area contributed by atoms with E-state index in [0.29, 0.717) is 0 Å². The molecule has 4 aromatic heterocycles. The molecule has 0 aliphatic carbocycles. The molecule has 0 amide bonds. The molecule has 4 heterocycles. The predicted molar refractivity (Wildman–Crippen MR) is 197 cm³/mol. The van der Waals surface area contributed by atoms with Crippen LogP contribution < -0.4 is 0 Å². The van der Waals surface area contributed by atoms with Crippen LogP contribution in [0.5, 0.6) is 0 Å². The maximum atomic E-state index is 6.72. The summed E-state index contributed by atoms with van der Waals surface area (Å²) in [5.41, 5.74) is 10.5. The maximum absolute atomic E-state index is 6.72. The first-order valence-corrected chi connectivity index (χ1v) is 16.2. The number of fused-ring (bicyclic) bond motifs is 13. The Morgan fingerprint density at radius 3 is 1.98 bits per heavy atom. The van der Waals surface area contributed by atoms with Crippen LogP contribution in [0.15, 0.2) is 154 Å². The van der Waals surface area contributed by atoms with E-state index in [1.54, 1.807) is 0 Å². The minimum Gasteiger partial charge on any atom is -0.456 e. The molecule has 0 aliphatic heterocycles. The highest BCUT2D eigenvalue weighted by molar-refractivity contribution is 6.29. The molecule has 0 radical (unpaired) electrons. The van der Waals surface area contributed by atoms with Gasteiger partial charge in [-0.25, -0.2) is 9.97 Å². The van der Waals surface area contributed by atoms with Crippen molar-refractivity contribution in [1.82, 2.24) is 9.97 Å². The van der Waals surface area contributed by atoms with Gasteiger partial charge in [0.05, 0.1) is 33.0 Å². The number of aromatic nitrogens is 2. The number of hydrogen-bond acceptors (Lipinski definition) is 4. The van der Waals surface area contributed by atoms with E-state index < -0.39 is 0 Å². The van der Waals surface area contributed by atoms with Gasteiger partial charge >= 0.3 is 0 Å². The Morgan fingerprint density at radius 2 is 1.10 bits per heavy atom. The van der Waals surface area contributed by atoms with Gasteiger partial charge in [0.25, 0.3) is 0 Å². The summed E-state index contributed by atoms with van der Waals surface area (Å²) in [6.45, 7) is 0. The van der Waals surface area contributed by atoms with Gasteiger partial charge in [-0.1, -0.05) is 97.1 Å². The highest BCUT2D eigenvalue weighted by Gasteiger charge is 2.22. The fraction of sp³-hybridized carbons (Fsp3) is 0. The number of para-hydroxylation sites is 3. The van der Waals surface area contributed by atoms with Crippen LogP contribution in [-0.2, 0) is 0 Å². The fourth-order valence-corrected chi connectivity index (χ4v) is 7.66. The summed E-state index contributed by atoms with van der Waals surface area (Å²) >= 11 is 0. The van der Waals surface area contributed by atoms with Crippen molar-refractivity contribution in [3.63, 3.8) is 0 Å². The molecule has 7 aromatic carbocycles. The lowest BCUT2D eigenvalue weighted by Crippen LogP contribution is -1.91. The van der Waals surface area contributed by atoms with Crippen LogP contribution in [0.2, 0.25) is 0 Å². The van der Waals surface area contributed by atoms with E-state index in [1.807, 2.05) is 48.5 Å². The molecule has 0 saturated carbocycles. The predicted octanol–water partition coefficient (Wildman–Crippen LogP) is 12.2. The summed E-state index contributed by atoms with van der Waals surface area (Å²) in [6, 6.07) is 50.7. The van der Waals surface area contributed by atoms with E-state index in [9.17, 15) is 0 Å². The molecule has 0 fully saturated rings. The molecule has 0 aliphatic rings. The third-order valence-electron chi connectivity index (χ3n) is 9.79. The van der Waals surface area contributed by atoms with Crippen LogP contribution in [0.1, 0.15) is 0 Å². The van der Waals surface area contributed by atoms with E-state index >= 15 is 0 Å². The lowest BCUT2D eigenvalue weighted by molar-refractivity contribution is 0.667. The van der Waals surface area contributed by atoms with Crippen LogP contribution in [-0.4, -0.2) is 9.97 Å². The average molecular weight is 613 g/mol. The zero-order chi connectivity index (χ0) is 31.3. The Hall–Kier alpha value is -6.52. The Labute approximate surface area is 273 Å². The highest BCUT2D eigenvalue weighted by Crippen LogP contribution is 2.45. The molecule has 0 bridgehead atoms. The molecule has 11 aromatic rings. The molecular formula is C44H24N2O2. The number of pyridine rings is 2. The third-order valence-corrected chi connectivity index (χ3v) is 9.79. The highest BCUT2D eigenvalue weighted by atomic mass is 16.3. The lowest BCUT2D eigenvalue weighted by Gasteiger charge is -2.13. The zero-order valence-corrected chi connectivity index (χ0v) is 25.6. The molecule has 11 rings (SSSR count). The smallest absolute Gasteiger partial charge is 0.147 e. The van der Waals surface area contributed by atoms with Gasteiger partial charge in [-0.05, 0) is 65.0 Å². The first-order chi connectivity index (χ1) is 23.8. The lowest BCUT2D eigenvalue weighted by atomic mass is 9.92. The Balaban J connectivity index is 1.21. The van der Waals surface area contributed by atoms with E-state index in [-0.39, 0.29) is 0 Å². The normalized spacial score (nSPS) is 12.2. The Kier molecular flexibility index (Phi) is 5.08. The van der Waals surface area contributed by atoms with Crippen LogP contribution in [0.3, 0.4) is 0 Å². The average Bonchev–Trinajstić information content (AvgIpc) is 3.72. The minimum atomic E-state index is 0.826. The SMILES string of the molecule is c1cc(-c2cc3cc4ccccc4nc3c3ccccc23)cc(-c2nc3ccc4oc5ccccc5c4c3c3oc4ccccc4c23)c1. The minimum absolute atomic E-state index is 0.826. The van der Waals surface area contributed by atoms with Gasteiger partial charge in [-0.2, -0.15) is 0 Å². The largest absolute Gasteiger partial charge is 0.456 e. The number of benzene rings is 7. The van der Waals surface area contributed by atoms with E-state index in [4.69, 9.17) is 18.8 Å². The number of hydrogen-bond donors (Lipinski definition) is 0. The van der Waals surface area contributed by atoms with Gasteiger partial charge in [0.1, 0.15) is 22.3 Å². The monoisotopic (exact) mass is 612 g/mol. The van der Waals surface area contributed by atoms with Gasteiger partial charge in [0, 0.05) is 37.9 Å². The Bertz CT molecular complexity index is 3130. The van der Waals surface area contributed by atoms with E-state index in [1.165, 1.54) is 5.39 Å². The van der Waals surface area contributed by atoms with E-state index in [0.717, 1.165) is 104 Å². The van der Waals surface area contributed by atoms with Gasteiger partial charge in [0.2, 0.25) is 0 Å². The third kappa shape index (κ3) is 3.54. The summed E-state index contributed by atoms with van der Waals surface area (Å²) in [7, 11) is 0. The molecule has 4 nitrogen and oxygen atoms in total. The first kappa shape index (κ1) is 25.6. The van der Waals surface area contributed by atoms with Gasteiger partial charge in [-0.15, -0.1) is 0 Å². The summed E-state index contributed by atoms with van der Waals surface area (Å²) in [5.74, 6) is 0. The van der Waals surface area contributed by atoms with Crippen molar-refractivity contribution in [3.8, 4) is 22.4 Å². The quantitative estimate of drug-likeness (QED) is 0.144. The standard InChI is InChI=1S/C44H24N2O2/c1-6-17-34-26(10-1)23-28-24-33(29-13-2-3-14-30(29)42(28)45-34)25-11-9-12-27(22-25)43-40-32-16-5-8-19-37(32)48-44(40)41-35(46-43)20-21-38-39(41)31-15-4-7-18-36(31)47-38/h1-24H. The molecule has 222 valence electrons.